The summed E-state index contributed by atoms with van der Waals surface area (Å²) < 4.78 is 0. The summed E-state index contributed by atoms with van der Waals surface area (Å²) in [6.45, 7) is 0.724. The van der Waals surface area contributed by atoms with E-state index in [4.69, 9.17) is 0 Å². The Morgan fingerprint density at radius 1 is 1.00 bits per heavy atom. The summed E-state index contributed by atoms with van der Waals surface area (Å²) in [6, 6.07) is 21.5. The number of rotatable bonds is 10. The predicted octanol–water partition coefficient (Wildman–Crippen LogP) is 5.97. The molecule has 1 aliphatic carbocycles. The van der Waals surface area contributed by atoms with Crippen LogP contribution in [0.2, 0.25) is 0 Å². The van der Waals surface area contributed by atoms with Gasteiger partial charge in [0.25, 0.3) is 0 Å². The highest BCUT2D eigenvalue weighted by atomic mass is 32.2. The Morgan fingerprint density at radius 3 is 2.28 bits per heavy atom. The highest BCUT2D eigenvalue weighted by Crippen LogP contribution is 2.59. The fourth-order valence-corrected chi connectivity index (χ4v) is 5.44. The Bertz CT molecular complexity index is 1010. The van der Waals surface area contributed by atoms with Crippen molar-refractivity contribution in [2.45, 2.75) is 40.9 Å². The molecule has 1 atom stereocenters. The molecule has 166 valence electrons. The summed E-state index contributed by atoms with van der Waals surface area (Å²) in [7, 11) is 0. The van der Waals surface area contributed by atoms with Crippen LogP contribution in [-0.2, 0) is 16.6 Å². The van der Waals surface area contributed by atoms with E-state index in [1.165, 1.54) is 26.5 Å². The zero-order valence-corrected chi connectivity index (χ0v) is 20.3. The largest absolute Gasteiger partial charge is 0.356 e. The lowest BCUT2D eigenvalue weighted by Gasteiger charge is -2.20. The first kappa shape index (κ1) is 22.9. The lowest BCUT2D eigenvalue weighted by molar-refractivity contribution is -0.122. The monoisotopic (exact) mass is 462 g/mol. The lowest BCUT2D eigenvalue weighted by atomic mass is 9.85. The second-order valence-corrected chi connectivity index (χ2v) is 10.1. The van der Waals surface area contributed by atoms with Crippen LogP contribution in [0.3, 0.4) is 0 Å². The average Bonchev–Trinajstić information content (AvgIpc) is 3.62. The number of aromatic nitrogens is 1. The van der Waals surface area contributed by atoms with E-state index in [1.807, 2.05) is 12.3 Å². The van der Waals surface area contributed by atoms with Crippen LogP contribution in [0.4, 0.5) is 0 Å². The van der Waals surface area contributed by atoms with Crippen molar-refractivity contribution in [1.82, 2.24) is 10.3 Å². The number of carbonyl (C=O) groups is 1. The first-order chi connectivity index (χ1) is 15.7. The second kappa shape index (κ2) is 10.6. The third-order valence-electron chi connectivity index (χ3n) is 6.36. The molecular formula is C27H30N2OS2. The number of unbranched alkanes of at least 4 members (excludes halogenated alkanes) is 1. The van der Waals surface area contributed by atoms with Gasteiger partial charge in [-0.15, -0.1) is 23.5 Å². The van der Waals surface area contributed by atoms with Crippen LogP contribution in [0.25, 0.3) is 0 Å². The molecule has 3 nitrogen and oxygen atoms in total. The van der Waals surface area contributed by atoms with Crippen LogP contribution in [0.15, 0.2) is 82.8 Å². The average molecular weight is 463 g/mol. The summed E-state index contributed by atoms with van der Waals surface area (Å²) in [5, 5.41) is 3.22. The minimum absolute atomic E-state index is 0.0185. The molecule has 0 aliphatic heterocycles. The van der Waals surface area contributed by atoms with Gasteiger partial charge in [-0.2, -0.15) is 0 Å². The Hall–Kier alpha value is -2.24. The summed E-state index contributed by atoms with van der Waals surface area (Å²) in [6.07, 6.45) is 11.8. The number of benzene rings is 2. The molecule has 3 aromatic rings. The van der Waals surface area contributed by atoms with Crippen LogP contribution in [0.1, 0.15) is 36.0 Å². The molecular weight excluding hydrogens is 432 g/mol. The van der Waals surface area contributed by atoms with Gasteiger partial charge in [0.1, 0.15) is 0 Å². The molecule has 0 bridgehead atoms. The molecule has 5 heteroatoms. The third kappa shape index (κ3) is 5.05. The van der Waals surface area contributed by atoms with Crippen LogP contribution < -0.4 is 5.32 Å². The molecule has 1 amide bonds. The van der Waals surface area contributed by atoms with E-state index in [-0.39, 0.29) is 17.2 Å². The molecule has 4 rings (SSSR count). The van der Waals surface area contributed by atoms with E-state index < -0.39 is 0 Å². The number of amides is 1. The standard InChI is InChI=1S/C27H30N2OS2/c1-31-23-12-5-10-21(16-23)27(22-11-6-13-24(17-22)32-2)18-25(27)26(30)29-15-4-3-8-20-9-7-14-28-19-20/h5-7,9-14,16-17,19,25H,3-4,8,15,18H2,1-2H3,(H,29,30). The number of pyridine rings is 1. The highest BCUT2D eigenvalue weighted by Gasteiger charge is 2.60. The van der Waals surface area contributed by atoms with Crippen molar-refractivity contribution in [2.75, 3.05) is 19.1 Å². The highest BCUT2D eigenvalue weighted by molar-refractivity contribution is 7.98. The van der Waals surface area contributed by atoms with E-state index in [2.05, 4.69) is 77.4 Å². The lowest BCUT2D eigenvalue weighted by Crippen LogP contribution is -2.30. The summed E-state index contributed by atoms with van der Waals surface area (Å²) >= 11 is 3.50. The van der Waals surface area contributed by atoms with E-state index in [0.717, 1.165) is 32.2 Å². The zero-order chi connectivity index (χ0) is 22.4. The minimum atomic E-state index is -0.225. The van der Waals surface area contributed by atoms with Crippen molar-refractivity contribution in [2.24, 2.45) is 5.92 Å². The van der Waals surface area contributed by atoms with E-state index in [1.54, 1.807) is 29.7 Å². The zero-order valence-electron chi connectivity index (χ0n) is 18.7. The van der Waals surface area contributed by atoms with E-state index in [0.29, 0.717) is 0 Å². The fourth-order valence-electron chi connectivity index (χ4n) is 4.52. The van der Waals surface area contributed by atoms with Crippen LogP contribution in [0.5, 0.6) is 0 Å². The quantitative estimate of drug-likeness (QED) is 0.298. The minimum Gasteiger partial charge on any atom is -0.356 e. The molecule has 1 heterocycles. The van der Waals surface area contributed by atoms with Gasteiger partial charge in [-0.05, 0) is 85.2 Å². The Balaban J connectivity index is 1.44. The van der Waals surface area contributed by atoms with Crippen molar-refractivity contribution < 1.29 is 4.79 Å². The molecule has 0 spiro atoms. The number of carbonyl (C=O) groups excluding carboxylic acids is 1. The van der Waals surface area contributed by atoms with Crippen LogP contribution in [0, 0.1) is 5.92 Å². The van der Waals surface area contributed by atoms with Crippen LogP contribution >= 0.6 is 23.5 Å². The summed E-state index contributed by atoms with van der Waals surface area (Å²) in [5.74, 6) is 0.158. The third-order valence-corrected chi connectivity index (χ3v) is 7.81. The van der Waals surface area contributed by atoms with Gasteiger partial charge in [0.2, 0.25) is 5.91 Å². The maximum Gasteiger partial charge on any atom is 0.224 e. The van der Waals surface area contributed by atoms with Gasteiger partial charge in [0.15, 0.2) is 0 Å². The number of thioether (sulfide) groups is 2. The first-order valence-electron chi connectivity index (χ1n) is 11.1. The fraction of sp³-hybridized carbons (Fsp3) is 0.333. The van der Waals surface area contributed by atoms with Gasteiger partial charge in [0.05, 0.1) is 5.92 Å². The Labute approximate surface area is 199 Å². The van der Waals surface area contributed by atoms with Gasteiger partial charge < -0.3 is 5.32 Å². The molecule has 0 radical (unpaired) electrons. The van der Waals surface area contributed by atoms with Gasteiger partial charge in [-0.25, -0.2) is 0 Å². The molecule has 2 aromatic carbocycles. The molecule has 0 saturated heterocycles. The smallest absolute Gasteiger partial charge is 0.224 e. The number of nitrogens with zero attached hydrogens (tertiary/aromatic N) is 1. The van der Waals surface area contributed by atoms with Crippen molar-refractivity contribution in [3.63, 3.8) is 0 Å². The van der Waals surface area contributed by atoms with Crippen molar-refractivity contribution in [3.8, 4) is 0 Å². The normalized spacial score (nSPS) is 16.5. The molecule has 1 aliphatic rings. The number of hydrogen-bond acceptors (Lipinski definition) is 4. The van der Waals surface area contributed by atoms with Gasteiger partial charge in [-0.3, -0.25) is 9.78 Å². The van der Waals surface area contributed by atoms with Gasteiger partial charge in [-0.1, -0.05) is 30.3 Å². The molecule has 1 fully saturated rings. The predicted molar refractivity (Wildman–Crippen MR) is 136 cm³/mol. The van der Waals surface area contributed by atoms with Gasteiger partial charge >= 0.3 is 0 Å². The summed E-state index contributed by atoms with van der Waals surface area (Å²) in [4.78, 5) is 19.8. The van der Waals surface area contributed by atoms with Crippen molar-refractivity contribution in [3.05, 3.63) is 89.7 Å². The second-order valence-electron chi connectivity index (χ2n) is 8.30. The Morgan fingerprint density at radius 2 is 1.69 bits per heavy atom. The van der Waals surface area contributed by atoms with Crippen molar-refractivity contribution in [1.29, 1.82) is 0 Å². The van der Waals surface area contributed by atoms with Crippen molar-refractivity contribution >= 4 is 29.4 Å². The molecule has 1 unspecified atom stereocenters. The molecule has 1 aromatic heterocycles. The number of aryl methyl sites for hydroxylation is 1. The Kier molecular flexibility index (Phi) is 7.59. The maximum absolute atomic E-state index is 13.2. The SMILES string of the molecule is CSc1cccc(C2(c3cccc(SC)c3)CC2C(=O)NCCCCc2cccnc2)c1. The van der Waals surface area contributed by atoms with E-state index >= 15 is 0 Å². The maximum atomic E-state index is 13.2. The summed E-state index contributed by atoms with van der Waals surface area (Å²) in [5.41, 5.74) is 3.53. The number of nitrogens with one attached hydrogen (secondary N) is 1. The number of hydrogen-bond donors (Lipinski definition) is 1. The van der Waals surface area contributed by atoms with E-state index in [9.17, 15) is 4.79 Å². The first-order valence-corrected chi connectivity index (χ1v) is 13.6. The molecule has 1 N–H and O–H groups in total. The van der Waals surface area contributed by atoms with Crippen LogP contribution in [-0.4, -0.2) is 29.9 Å². The molecule has 32 heavy (non-hydrogen) atoms. The topological polar surface area (TPSA) is 42.0 Å². The molecule has 1 saturated carbocycles. The van der Waals surface area contributed by atoms with Gasteiger partial charge in [0, 0.05) is 34.1 Å².